The molecule has 2 aromatic rings. The van der Waals surface area contributed by atoms with Crippen molar-refractivity contribution in [2.24, 2.45) is 0 Å². The number of ether oxygens (including phenoxy) is 2. The lowest BCUT2D eigenvalue weighted by Gasteiger charge is -2.09. The summed E-state index contributed by atoms with van der Waals surface area (Å²) in [4.78, 5) is 23.3. The molecule has 0 spiro atoms. The summed E-state index contributed by atoms with van der Waals surface area (Å²) >= 11 is 3.34. The van der Waals surface area contributed by atoms with Crippen LogP contribution in [0.25, 0.3) is 0 Å². The number of rotatable bonds is 5. The Morgan fingerprint density at radius 2 is 1.91 bits per heavy atom. The molecule has 0 saturated heterocycles. The Balaban J connectivity index is 2.05. The van der Waals surface area contributed by atoms with Crippen LogP contribution >= 0.6 is 15.9 Å². The Hall–Kier alpha value is -2.34. The second kappa shape index (κ2) is 7.61. The molecule has 0 atom stereocenters. The normalized spacial score (nSPS) is 9.91. The zero-order valence-corrected chi connectivity index (χ0v) is 13.4. The summed E-state index contributed by atoms with van der Waals surface area (Å²) in [6.45, 7) is -0.182. The number of halogens is 1. The van der Waals surface area contributed by atoms with E-state index in [9.17, 15) is 9.59 Å². The largest absolute Gasteiger partial charge is 0.482 e. The highest BCUT2D eigenvalue weighted by Crippen LogP contribution is 2.20. The molecule has 0 unspecified atom stereocenters. The minimum absolute atomic E-state index is 0.182. The first kappa shape index (κ1) is 16.0. The molecule has 0 heterocycles. The zero-order chi connectivity index (χ0) is 15.9. The van der Waals surface area contributed by atoms with Gasteiger partial charge in [0.25, 0.3) is 5.91 Å². The fourth-order valence-electron chi connectivity index (χ4n) is 1.71. The van der Waals surface area contributed by atoms with Crippen molar-refractivity contribution >= 4 is 33.5 Å². The Labute approximate surface area is 136 Å². The van der Waals surface area contributed by atoms with Crippen molar-refractivity contribution in [2.75, 3.05) is 19.0 Å². The molecule has 0 aromatic heterocycles. The molecular formula is C16H14BrNO4. The van der Waals surface area contributed by atoms with Gasteiger partial charge in [0.15, 0.2) is 6.61 Å². The fraction of sp³-hybridized carbons (Fsp3) is 0.125. The first-order valence-electron chi connectivity index (χ1n) is 6.45. The summed E-state index contributed by atoms with van der Waals surface area (Å²) in [7, 11) is 1.29. The van der Waals surface area contributed by atoms with E-state index in [4.69, 9.17) is 4.74 Å². The number of methoxy groups -OCH3 is 1. The van der Waals surface area contributed by atoms with Crippen LogP contribution in [0.3, 0.4) is 0 Å². The number of esters is 1. The quantitative estimate of drug-likeness (QED) is 0.828. The van der Waals surface area contributed by atoms with E-state index in [1.54, 1.807) is 42.5 Å². The fourth-order valence-corrected chi connectivity index (χ4v) is 2.17. The molecule has 0 fully saturated rings. The maximum Gasteiger partial charge on any atom is 0.343 e. The van der Waals surface area contributed by atoms with Gasteiger partial charge < -0.3 is 14.8 Å². The smallest absolute Gasteiger partial charge is 0.343 e. The first-order chi connectivity index (χ1) is 10.6. The van der Waals surface area contributed by atoms with Crippen LogP contribution in [0.1, 0.15) is 10.4 Å². The maximum atomic E-state index is 12.2. The number of amides is 1. The molecule has 0 bridgehead atoms. The SMILES string of the molecule is COC(=O)COc1cccc(NC(=O)c2ccccc2Br)c1. The van der Waals surface area contributed by atoms with Gasteiger partial charge in [-0.15, -0.1) is 0 Å². The molecule has 0 aliphatic heterocycles. The molecule has 114 valence electrons. The predicted molar refractivity (Wildman–Crippen MR) is 86.0 cm³/mol. The Morgan fingerprint density at radius 1 is 1.14 bits per heavy atom. The molecule has 1 N–H and O–H groups in total. The average molecular weight is 364 g/mol. The van der Waals surface area contributed by atoms with Crippen LogP contribution < -0.4 is 10.1 Å². The van der Waals surface area contributed by atoms with Crippen molar-refractivity contribution in [3.8, 4) is 5.75 Å². The van der Waals surface area contributed by atoms with Gasteiger partial charge in [0.05, 0.1) is 12.7 Å². The summed E-state index contributed by atoms with van der Waals surface area (Å²) in [5, 5.41) is 2.78. The summed E-state index contributed by atoms with van der Waals surface area (Å²) in [5.74, 6) is -0.240. The minimum Gasteiger partial charge on any atom is -0.482 e. The van der Waals surface area contributed by atoms with E-state index >= 15 is 0 Å². The van der Waals surface area contributed by atoms with E-state index in [0.29, 0.717) is 21.5 Å². The van der Waals surface area contributed by atoms with Gasteiger partial charge in [-0.1, -0.05) is 18.2 Å². The number of anilines is 1. The van der Waals surface area contributed by atoms with Crippen molar-refractivity contribution in [1.29, 1.82) is 0 Å². The van der Waals surface area contributed by atoms with Crippen LogP contribution in [-0.2, 0) is 9.53 Å². The number of benzene rings is 2. The number of hydrogen-bond acceptors (Lipinski definition) is 4. The lowest BCUT2D eigenvalue weighted by Crippen LogP contribution is -2.14. The number of carbonyl (C=O) groups is 2. The number of hydrogen-bond donors (Lipinski definition) is 1. The highest BCUT2D eigenvalue weighted by molar-refractivity contribution is 9.10. The highest BCUT2D eigenvalue weighted by Gasteiger charge is 2.10. The van der Waals surface area contributed by atoms with Crippen molar-refractivity contribution in [2.45, 2.75) is 0 Å². The first-order valence-corrected chi connectivity index (χ1v) is 7.25. The van der Waals surface area contributed by atoms with Crippen molar-refractivity contribution < 1.29 is 19.1 Å². The molecule has 0 saturated carbocycles. The van der Waals surface area contributed by atoms with Gasteiger partial charge in [0.1, 0.15) is 5.75 Å². The van der Waals surface area contributed by atoms with Gasteiger partial charge in [0.2, 0.25) is 0 Å². The Bertz CT molecular complexity index is 687. The van der Waals surface area contributed by atoms with E-state index in [0.717, 1.165) is 0 Å². The van der Waals surface area contributed by atoms with Crippen molar-refractivity contribution in [3.63, 3.8) is 0 Å². The second-order valence-electron chi connectivity index (χ2n) is 4.33. The van der Waals surface area contributed by atoms with Gasteiger partial charge in [-0.3, -0.25) is 4.79 Å². The van der Waals surface area contributed by atoms with Gasteiger partial charge >= 0.3 is 5.97 Å². The average Bonchev–Trinajstić information content (AvgIpc) is 2.53. The molecule has 0 radical (unpaired) electrons. The third-order valence-electron chi connectivity index (χ3n) is 2.79. The molecule has 2 aromatic carbocycles. The highest BCUT2D eigenvalue weighted by atomic mass is 79.9. The lowest BCUT2D eigenvalue weighted by molar-refractivity contribution is -0.142. The lowest BCUT2D eigenvalue weighted by atomic mass is 10.2. The van der Waals surface area contributed by atoms with E-state index in [1.807, 2.05) is 6.07 Å². The third-order valence-corrected chi connectivity index (χ3v) is 3.49. The Morgan fingerprint density at radius 3 is 2.64 bits per heavy atom. The molecule has 1 amide bonds. The van der Waals surface area contributed by atoms with Crippen LogP contribution in [0.5, 0.6) is 5.75 Å². The van der Waals surface area contributed by atoms with E-state index < -0.39 is 5.97 Å². The van der Waals surface area contributed by atoms with Crippen LogP contribution in [-0.4, -0.2) is 25.6 Å². The van der Waals surface area contributed by atoms with Gasteiger partial charge in [0, 0.05) is 16.2 Å². The molecule has 6 heteroatoms. The number of carbonyl (C=O) groups excluding carboxylic acids is 2. The van der Waals surface area contributed by atoms with Gasteiger partial charge in [-0.25, -0.2) is 4.79 Å². The molecular weight excluding hydrogens is 350 g/mol. The molecule has 22 heavy (non-hydrogen) atoms. The summed E-state index contributed by atoms with van der Waals surface area (Å²) < 4.78 is 10.5. The standard InChI is InChI=1S/C16H14BrNO4/c1-21-15(19)10-22-12-6-4-5-11(9-12)18-16(20)13-7-2-3-8-14(13)17/h2-9H,10H2,1H3,(H,18,20). The van der Waals surface area contributed by atoms with Crippen LogP contribution in [0.4, 0.5) is 5.69 Å². The molecule has 5 nitrogen and oxygen atoms in total. The predicted octanol–water partition coefficient (Wildman–Crippen LogP) is 3.25. The maximum absolute atomic E-state index is 12.2. The third kappa shape index (κ3) is 4.33. The van der Waals surface area contributed by atoms with Crippen molar-refractivity contribution in [1.82, 2.24) is 0 Å². The summed E-state index contributed by atoms with van der Waals surface area (Å²) in [5.41, 5.74) is 1.10. The van der Waals surface area contributed by atoms with Crippen LogP contribution in [0.15, 0.2) is 53.0 Å². The minimum atomic E-state index is -0.470. The molecule has 0 aliphatic carbocycles. The van der Waals surface area contributed by atoms with E-state index in [-0.39, 0.29) is 12.5 Å². The van der Waals surface area contributed by atoms with E-state index in [1.165, 1.54) is 7.11 Å². The van der Waals surface area contributed by atoms with Crippen LogP contribution in [0.2, 0.25) is 0 Å². The summed E-state index contributed by atoms with van der Waals surface area (Å²) in [6, 6.07) is 13.9. The zero-order valence-electron chi connectivity index (χ0n) is 11.8. The molecule has 2 rings (SSSR count). The summed E-state index contributed by atoms with van der Waals surface area (Å²) in [6.07, 6.45) is 0. The van der Waals surface area contributed by atoms with E-state index in [2.05, 4.69) is 26.0 Å². The topological polar surface area (TPSA) is 64.6 Å². The Kier molecular flexibility index (Phi) is 5.55. The monoisotopic (exact) mass is 363 g/mol. The van der Waals surface area contributed by atoms with Crippen LogP contribution in [0, 0.1) is 0 Å². The number of nitrogens with one attached hydrogen (secondary N) is 1. The van der Waals surface area contributed by atoms with Gasteiger partial charge in [-0.05, 0) is 40.2 Å². The second-order valence-corrected chi connectivity index (χ2v) is 5.18. The van der Waals surface area contributed by atoms with Crippen molar-refractivity contribution in [3.05, 3.63) is 58.6 Å². The molecule has 0 aliphatic rings. The van der Waals surface area contributed by atoms with Gasteiger partial charge in [-0.2, -0.15) is 0 Å².